The van der Waals surface area contributed by atoms with E-state index in [9.17, 15) is 9.59 Å². The molecule has 0 aliphatic carbocycles. The minimum Gasteiger partial charge on any atom is -0.457 e. The monoisotopic (exact) mass is 428 g/mol. The number of ether oxygens (including phenoxy) is 1. The molecular formula is C24H16N2O4S. The Morgan fingerprint density at radius 2 is 1.90 bits per heavy atom. The summed E-state index contributed by atoms with van der Waals surface area (Å²) in [5.41, 5.74) is 6.15. The van der Waals surface area contributed by atoms with Gasteiger partial charge in [0.25, 0.3) is 5.56 Å². The molecule has 6 rings (SSSR count). The molecule has 0 spiro atoms. The molecule has 0 bridgehead atoms. The molecule has 4 heterocycles. The van der Waals surface area contributed by atoms with Gasteiger partial charge in [-0.15, -0.1) is 0 Å². The van der Waals surface area contributed by atoms with E-state index in [0.29, 0.717) is 26.6 Å². The molecule has 5 aromatic rings. The van der Waals surface area contributed by atoms with Gasteiger partial charge in [0.1, 0.15) is 22.7 Å². The van der Waals surface area contributed by atoms with Crippen molar-refractivity contribution in [1.29, 1.82) is 0 Å². The minimum atomic E-state index is -0.293. The average Bonchev–Trinajstić information content (AvgIpc) is 3.50. The first-order chi connectivity index (χ1) is 15.0. The van der Waals surface area contributed by atoms with Gasteiger partial charge < -0.3 is 9.15 Å². The fraction of sp³-hybridized carbons (Fsp3) is 0.125. The summed E-state index contributed by atoms with van der Waals surface area (Å²) in [6.07, 6.45) is 1.75. The minimum absolute atomic E-state index is 0.100. The van der Waals surface area contributed by atoms with Crippen molar-refractivity contribution in [2.45, 2.75) is 20.5 Å². The zero-order chi connectivity index (χ0) is 21.3. The highest BCUT2D eigenvalue weighted by Gasteiger charge is 2.21. The third-order valence-electron chi connectivity index (χ3n) is 5.72. The van der Waals surface area contributed by atoms with Gasteiger partial charge in [-0.3, -0.25) is 4.79 Å². The third kappa shape index (κ3) is 2.74. The molecule has 0 saturated heterocycles. The van der Waals surface area contributed by atoms with Crippen LogP contribution in [0.5, 0.6) is 0 Å². The van der Waals surface area contributed by atoms with E-state index in [1.807, 2.05) is 50.2 Å². The van der Waals surface area contributed by atoms with Gasteiger partial charge in [0.15, 0.2) is 4.96 Å². The van der Waals surface area contributed by atoms with E-state index >= 15 is 0 Å². The van der Waals surface area contributed by atoms with Gasteiger partial charge >= 0.3 is 5.97 Å². The molecular weight excluding hydrogens is 412 g/mol. The van der Waals surface area contributed by atoms with Gasteiger partial charge in [-0.1, -0.05) is 17.4 Å². The SMILES string of the molecule is Cc1cc2nc3s/c(=C\c4ccc(-c5ccc6c(c5)COC6=O)o4)c(=O)n3c2cc1C. The van der Waals surface area contributed by atoms with Crippen LogP contribution in [0.15, 0.2) is 51.7 Å². The lowest BCUT2D eigenvalue weighted by Gasteiger charge is -1.99. The van der Waals surface area contributed by atoms with Crippen LogP contribution in [0.3, 0.4) is 0 Å². The summed E-state index contributed by atoms with van der Waals surface area (Å²) in [5.74, 6) is 0.957. The van der Waals surface area contributed by atoms with Gasteiger partial charge in [-0.05, 0) is 61.4 Å². The molecule has 7 heteroatoms. The maximum absolute atomic E-state index is 13.1. The highest BCUT2D eigenvalue weighted by Crippen LogP contribution is 2.28. The fourth-order valence-electron chi connectivity index (χ4n) is 3.92. The Labute approximate surface area is 180 Å². The smallest absolute Gasteiger partial charge is 0.338 e. The molecule has 0 radical (unpaired) electrons. The highest BCUT2D eigenvalue weighted by atomic mass is 32.1. The molecule has 31 heavy (non-hydrogen) atoms. The van der Waals surface area contributed by atoms with E-state index in [0.717, 1.165) is 33.3 Å². The van der Waals surface area contributed by atoms with Crippen molar-refractivity contribution < 1.29 is 13.9 Å². The van der Waals surface area contributed by atoms with E-state index in [2.05, 4.69) is 4.98 Å². The van der Waals surface area contributed by atoms with Crippen LogP contribution in [0, 0.1) is 13.8 Å². The number of cyclic esters (lactones) is 1. The average molecular weight is 428 g/mol. The van der Waals surface area contributed by atoms with Crippen molar-refractivity contribution in [3.8, 4) is 11.3 Å². The number of nitrogens with zero attached hydrogens (tertiary/aromatic N) is 2. The van der Waals surface area contributed by atoms with Crippen molar-refractivity contribution in [3.05, 3.63) is 85.4 Å². The van der Waals surface area contributed by atoms with Crippen LogP contribution in [0.2, 0.25) is 0 Å². The molecule has 1 aliphatic rings. The van der Waals surface area contributed by atoms with Crippen molar-refractivity contribution in [2.75, 3.05) is 0 Å². The van der Waals surface area contributed by atoms with E-state index in [1.54, 1.807) is 16.5 Å². The van der Waals surface area contributed by atoms with Crippen LogP contribution in [0.25, 0.3) is 33.4 Å². The molecule has 0 amide bonds. The maximum Gasteiger partial charge on any atom is 0.338 e. The first-order valence-corrected chi connectivity index (χ1v) is 10.6. The lowest BCUT2D eigenvalue weighted by Crippen LogP contribution is -2.22. The molecule has 152 valence electrons. The van der Waals surface area contributed by atoms with E-state index in [4.69, 9.17) is 9.15 Å². The molecule has 0 atom stereocenters. The second-order valence-electron chi connectivity index (χ2n) is 7.72. The molecule has 6 nitrogen and oxygen atoms in total. The summed E-state index contributed by atoms with van der Waals surface area (Å²) in [5, 5.41) is 0. The molecule has 0 saturated carbocycles. The molecule has 2 aromatic carbocycles. The quantitative estimate of drug-likeness (QED) is 0.397. The summed E-state index contributed by atoms with van der Waals surface area (Å²) in [6, 6.07) is 13.2. The zero-order valence-electron chi connectivity index (χ0n) is 16.8. The number of hydrogen-bond acceptors (Lipinski definition) is 6. The van der Waals surface area contributed by atoms with Gasteiger partial charge in [0.2, 0.25) is 0 Å². The fourth-order valence-corrected chi connectivity index (χ4v) is 4.89. The lowest BCUT2D eigenvalue weighted by atomic mass is 10.0. The molecule has 0 unspecified atom stereocenters. The van der Waals surface area contributed by atoms with Gasteiger partial charge in [-0.2, -0.15) is 0 Å². The Morgan fingerprint density at radius 3 is 2.77 bits per heavy atom. The first kappa shape index (κ1) is 18.1. The van der Waals surface area contributed by atoms with Crippen LogP contribution in [-0.2, 0) is 11.3 Å². The molecule has 3 aromatic heterocycles. The summed E-state index contributed by atoms with van der Waals surface area (Å²) in [4.78, 5) is 30.0. The number of fused-ring (bicyclic) bond motifs is 4. The number of furan rings is 1. The number of aromatic nitrogens is 2. The first-order valence-electron chi connectivity index (χ1n) is 9.82. The Kier molecular flexibility index (Phi) is 3.73. The summed E-state index contributed by atoms with van der Waals surface area (Å²) < 4.78 is 13.3. The normalized spacial score (nSPS) is 14.0. The van der Waals surface area contributed by atoms with Crippen molar-refractivity contribution >= 4 is 39.4 Å². The number of carbonyl (C=O) groups is 1. The zero-order valence-corrected chi connectivity index (χ0v) is 17.6. The van der Waals surface area contributed by atoms with Crippen LogP contribution in [0.4, 0.5) is 0 Å². The van der Waals surface area contributed by atoms with Crippen LogP contribution < -0.4 is 10.1 Å². The van der Waals surface area contributed by atoms with Crippen LogP contribution in [0.1, 0.15) is 32.8 Å². The lowest BCUT2D eigenvalue weighted by molar-refractivity contribution is 0.0535. The summed E-state index contributed by atoms with van der Waals surface area (Å²) in [6.45, 7) is 4.35. The number of hydrogen-bond donors (Lipinski definition) is 0. The van der Waals surface area contributed by atoms with Crippen molar-refractivity contribution in [2.24, 2.45) is 0 Å². The van der Waals surface area contributed by atoms with E-state index in [1.165, 1.54) is 11.3 Å². The molecule has 0 fully saturated rings. The number of imidazole rings is 1. The number of esters is 1. The Balaban J connectivity index is 1.43. The standard InChI is InChI=1S/C24H16N2O4S/c1-12-7-18-19(8-13(12)2)26-22(27)21(31-24(26)25-18)10-16-4-6-20(30-16)14-3-5-17-15(9-14)11-29-23(17)28/h3-10H,11H2,1-2H3/b21-10-. The molecule has 1 aliphatic heterocycles. The number of benzene rings is 2. The summed E-state index contributed by atoms with van der Waals surface area (Å²) >= 11 is 1.35. The number of carbonyl (C=O) groups excluding carboxylic acids is 1. The van der Waals surface area contributed by atoms with Gasteiger partial charge in [-0.25, -0.2) is 14.2 Å². The Hall–Kier alpha value is -3.71. The Morgan fingerprint density at radius 1 is 1.06 bits per heavy atom. The maximum atomic E-state index is 13.1. The largest absolute Gasteiger partial charge is 0.457 e. The van der Waals surface area contributed by atoms with E-state index < -0.39 is 0 Å². The topological polar surface area (TPSA) is 73.8 Å². The van der Waals surface area contributed by atoms with Crippen molar-refractivity contribution in [3.63, 3.8) is 0 Å². The van der Waals surface area contributed by atoms with Crippen LogP contribution >= 0.6 is 11.3 Å². The summed E-state index contributed by atoms with van der Waals surface area (Å²) in [7, 11) is 0. The second-order valence-corrected chi connectivity index (χ2v) is 8.73. The van der Waals surface area contributed by atoms with Gasteiger partial charge in [0, 0.05) is 17.2 Å². The predicted molar refractivity (Wildman–Crippen MR) is 118 cm³/mol. The number of thiazole rings is 1. The number of aryl methyl sites for hydroxylation is 2. The second kappa shape index (κ2) is 6.39. The van der Waals surface area contributed by atoms with Gasteiger partial charge in [0.05, 0.1) is 16.6 Å². The van der Waals surface area contributed by atoms with Crippen LogP contribution in [-0.4, -0.2) is 15.4 Å². The highest BCUT2D eigenvalue weighted by molar-refractivity contribution is 7.15. The Bertz CT molecular complexity index is 1650. The predicted octanol–water partition coefficient (Wildman–Crippen LogP) is 4.00. The number of rotatable bonds is 2. The van der Waals surface area contributed by atoms with E-state index in [-0.39, 0.29) is 18.1 Å². The molecule has 0 N–H and O–H groups in total. The van der Waals surface area contributed by atoms with Crippen molar-refractivity contribution in [1.82, 2.24) is 9.38 Å². The third-order valence-corrected chi connectivity index (χ3v) is 6.69.